The zero-order valence-electron chi connectivity index (χ0n) is 15.1. The molecule has 1 aliphatic rings. The second-order valence-electron chi connectivity index (χ2n) is 6.43. The summed E-state index contributed by atoms with van der Waals surface area (Å²) < 4.78 is 5.12. The molecular formula is C21H22N2O3S. The summed E-state index contributed by atoms with van der Waals surface area (Å²) in [5.74, 6) is -0.523. The summed E-state index contributed by atoms with van der Waals surface area (Å²) in [5.41, 5.74) is 1.79. The SMILES string of the molecule is C=CCOC(=O)C1=C(CNC(=O)c2c(S)ccc3ccccc23)[C@H](C)CN1. The summed E-state index contributed by atoms with van der Waals surface area (Å²) in [6, 6.07) is 11.4. The molecule has 0 fully saturated rings. The van der Waals surface area contributed by atoms with Gasteiger partial charge in [-0.25, -0.2) is 4.79 Å². The first-order valence-corrected chi connectivity index (χ1v) is 9.21. The Hall–Kier alpha value is -2.73. The largest absolute Gasteiger partial charge is 0.457 e. The third-order valence-corrected chi connectivity index (χ3v) is 4.98. The molecule has 0 spiro atoms. The molecule has 2 N–H and O–H groups in total. The molecule has 1 atom stereocenters. The first-order valence-electron chi connectivity index (χ1n) is 8.76. The molecule has 1 aliphatic heterocycles. The highest BCUT2D eigenvalue weighted by molar-refractivity contribution is 7.80. The van der Waals surface area contributed by atoms with Crippen molar-refractivity contribution in [2.24, 2.45) is 5.92 Å². The number of ether oxygens (including phenoxy) is 1. The highest BCUT2D eigenvalue weighted by Crippen LogP contribution is 2.26. The van der Waals surface area contributed by atoms with Gasteiger partial charge in [-0.1, -0.05) is 49.9 Å². The molecule has 27 heavy (non-hydrogen) atoms. The lowest BCUT2D eigenvalue weighted by Gasteiger charge is -2.13. The maximum absolute atomic E-state index is 12.9. The average Bonchev–Trinajstić information content (AvgIpc) is 3.04. The molecule has 2 aromatic rings. The highest BCUT2D eigenvalue weighted by atomic mass is 32.1. The Morgan fingerprint density at radius 2 is 2.11 bits per heavy atom. The van der Waals surface area contributed by atoms with Crippen molar-refractivity contribution in [1.82, 2.24) is 10.6 Å². The predicted molar refractivity (Wildman–Crippen MR) is 109 cm³/mol. The Morgan fingerprint density at radius 3 is 2.89 bits per heavy atom. The Labute approximate surface area is 163 Å². The molecule has 140 valence electrons. The van der Waals surface area contributed by atoms with Crippen LogP contribution in [-0.2, 0) is 9.53 Å². The van der Waals surface area contributed by atoms with Gasteiger partial charge in [-0.3, -0.25) is 4.79 Å². The lowest BCUT2D eigenvalue weighted by molar-refractivity contribution is -0.138. The molecule has 0 aliphatic carbocycles. The van der Waals surface area contributed by atoms with Gasteiger partial charge >= 0.3 is 5.97 Å². The van der Waals surface area contributed by atoms with E-state index in [4.69, 9.17) is 4.74 Å². The Bertz CT molecular complexity index is 936. The van der Waals surface area contributed by atoms with Crippen LogP contribution >= 0.6 is 12.6 Å². The van der Waals surface area contributed by atoms with Crippen LogP contribution in [0, 0.1) is 5.92 Å². The van der Waals surface area contributed by atoms with Crippen LogP contribution in [-0.4, -0.2) is 31.6 Å². The molecule has 5 nitrogen and oxygen atoms in total. The predicted octanol–water partition coefficient (Wildman–Crippen LogP) is 3.08. The summed E-state index contributed by atoms with van der Waals surface area (Å²) in [6.45, 7) is 6.60. The van der Waals surface area contributed by atoms with E-state index in [-0.39, 0.29) is 25.0 Å². The lowest BCUT2D eigenvalue weighted by Crippen LogP contribution is -2.28. The van der Waals surface area contributed by atoms with Crippen LogP contribution in [0.5, 0.6) is 0 Å². The fourth-order valence-electron chi connectivity index (χ4n) is 3.17. The van der Waals surface area contributed by atoms with Crippen LogP contribution in [0.15, 0.2) is 65.2 Å². The number of rotatable bonds is 6. The molecule has 3 rings (SSSR count). The number of thiol groups is 1. The maximum atomic E-state index is 12.9. The molecule has 0 saturated carbocycles. The molecule has 2 aromatic carbocycles. The molecule has 6 heteroatoms. The van der Waals surface area contributed by atoms with E-state index in [0.29, 0.717) is 22.7 Å². The third kappa shape index (κ3) is 4.01. The normalized spacial score (nSPS) is 16.1. The van der Waals surface area contributed by atoms with E-state index in [9.17, 15) is 9.59 Å². The number of benzene rings is 2. The molecule has 1 amide bonds. The van der Waals surface area contributed by atoms with Gasteiger partial charge in [0.25, 0.3) is 5.91 Å². The van der Waals surface area contributed by atoms with Crippen molar-refractivity contribution in [3.8, 4) is 0 Å². The monoisotopic (exact) mass is 382 g/mol. The second-order valence-corrected chi connectivity index (χ2v) is 6.91. The van der Waals surface area contributed by atoms with Crippen molar-refractivity contribution < 1.29 is 14.3 Å². The fraction of sp³-hybridized carbons (Fsp3) is 0.238. The molecule has 1 heterocycles. The minimum absolute atomic E-state index is 0.125. The topological polar surface area (TPSA) is 67.4 Å². The van der Waals surface area contributed by atoms with Crippen molar-refractivity contribution in [3.63, 3.8) is 0 Å². The van der Waals surface area contributed by atoms with Gasteiger partial charge in [-0.15, -0.1) is 12.6 Å². The summed E-state index contributed by atoms with van der Waals surface area (Å²) >= 11 is 4.45. The number of esters is 1. The van der Waals surface area contributed by atoms with Gasteiger partial charge in [0.1, 0.15) is 12.3 Å². The Morgan fingerprint density at radius 1 is 1.33 bits per heavy atom. The number of amides is 1. The standard InChI is InChI=1S/C21H22N2O3S/c1-3-10-26-21(25)19-16(13(2)11-22-19)12-23-20(24)18-15-7-5-4-6-14(15)8-9-17(18)27/h3-9,13,22,27H,1,10-12H2,2H3,(H,23,24)/t13-/m1/s1. The Kier molecular flexibility index (Phi) is 5.86. The minimum atomic E-state index is -0.427. The molecule has 0 saturated heterocycles. The van der Waals surface area contributed by atoms with Crippen LogP contribution in [0.4, 0.5) is 0 Å². The van der Waals surface area contributed by atoms with Crippen molar-refractivity contribution >= 4 is 35.3 Å². The van der Waals surface area contributed by atoms with E-state index in [1.165, 1.54) is 6.08 Å². The summed E-state index contributed by atoms with van der Waals surface area (Å²) in [4.78, 5) is 25.7. The van der Waals surface area contributed by atoms with E-state index >= 15 is 0 Å². The van der Waals surface area contributed by atoms with Crippen LogP contribution in [0.25, 0.3) is 10.8 Å². The van der Waals surface area contributed by atoms with E-state index in [1.807, 2.05) is 43.3 Å². The van der Waals surface area contributed by atoms with Crippen LogP contribution < -0.4 is 10.6 Å². The van der Waals surface area contributed by atoms with Crippen molar-refractivity contribution in [2.45, 2.75) is 11.8 Å². The minimum Gasteiger partial charge on any atom is -0.457 e. The summed E-state index contributed by atoms with van der Waals surface area (Å²) in [6.07, 6.45) is 1.52. The van der Waals surface area contributed by atoms with E-state index in [1.54, 1.807) is 0 Å². The van der Waals surface area contributed by atoms with Gasteiger partial charge in [0, 0.05) is 18.0 Å². The number of nitrogens with one attached hydrogen (secondary N) is 2. The van der Waals surface area contributed by atoms with Gasteiger partial charge in [0.05, 0.1) is 5.56 Å². The first kappa shape index (κ1) is 19.0. The first-order chi connectivity index (χ1) is 13.0. The molecular weight excluding hydrogens is 360 g/mol. The van der Waals surface area contributed by atoms with Crippen LogP contribution in [0.2, 0.25) is 0 Å². The molecule has 0 radical (unpaired) electrons. The van der Waals surface area contributed by atoms with E-state index in [0.717, 1.165) is 16.3 Å². The zero-order chi connectivity index (χ0) is 19.4. The zero-order valence-corrected chi connectivity index (χ0v) is 16.0. The Balaban J connectivity index is 1.82. The average molecular weight is 382 g/mol. The number of hydrogen-bond donors (Lipinski definition) is 3. The van der Waals surface area contributed by atoms with Gasteiger partial charge < -0.3 is 15.4 Å². The number of hydrogen-bond acceptors (Lipinski definition) is 5. The smallest absolute Gasteiger partial charge is 0.354 e. The van der Waals surface area contributed by atoms with Crippen LogP contribution in [0.1, 0.15) is 17.3 Å². The number of carbonyl (C=O) groups excluding carboxylic acids is 2. The quantitative estimate of drug-likeness (QED) is 0.408. The lowest BCUT2D eigenvalue weighted by atomic mass is 10.0. The van der Waals surface area contributed by atoms with Gasteiger partial charge in [-0.2, -0.15) is 0 Å². The van der Waals surface area contributed by atoms with E-state index < -0.39 is 5.97 Å². The molecule has 0 aromatic heterocycles. The molecule has 0 bridgehead atoms. The maximum Gasteiger partial charge on any atom is 0.354 e. The highest BCUT2D eigenvalue weighted by Gasteiger charge is 2.27. The van der Waals surface area contributed by atoms with Crippen molar-refractivity contribution in [2.75, 3.05) is 19.7 Å². The third-order valence-electron chi connectivity index (χ3n) is 4.61. The second kappa shape index (κ2) is 8.31. The number of fused-ring (bicyclic) bond motifs is 1. The van der Waals surface area contributed by atoms with Gasteiger partial charge in [0.15, 0.2) is 0 Å². The van der Waals surface area contributed by atoms with E-state index in [2.05, 4.69) is 29.8 Å². The summed E-state index contributed by atoms with van der Waals surface area (Å²) in [7, 11) is 0. The molecule has 0 unspecified atom stereocenters. The van der Waals surface area contributed by atoms with Gasteiger partial charge in [-0.05, 0) is 28.3 Å². The number of carbonyl (C=O) groups is 2. The summed E-state index contributed by atoms with van der Waals surface area (Å²) in [5, 5.41) is 7.83. The fourth-order valence-corrected chi connectivity index (χ4v) is 3.47. The van der Waals surface area contributed by atoms with Crippen molar-refractivity contribution in [1.29, 1.82) is 0 Å². The van der Waals surface area contributed by atoms with Gasteiger partial charge in [0.2, 0.25) is 0 Å². The van der Waals surface area contributed by atoms with Crippen molar-refractivity contribution in [3.05, 3.63) is 65.9 Å². The van der Waals surface area contributed by atoms with Crippen LogP contribution in [0.3, 0.4) is 0 Å².